The zero-order valence-electron chi connectivity index (χ0n) is 13.7. The van der Waals surface area contributed by atoms with Gasteiger partial charge in [-0.2, -0.15) is 0 Å². The van der Waals surface area contributed by atoms with E-state index < -0.39 is 0 Å². The van der Waals surface area contributed by atoms with Crippen LogP contribution in [0.4, 0.5) is 0 Å². The first-order valence-electron chi connectivity index (χ1n) is 7.79. The molecule has 1 aromatic rings. The number of nitrogens with one attached hydrogen (secondary N) is 1. The van der Waals surface area contributed by atoms with Gasteiger partial charge in [0.1, 0.15) is 0 Å². The summed E-state index contributed by atoms with van der Waals surface area (Å²) in [7, 11) is 2.07. The van der Waals surface area contributed by atoms with Gasteiger partial charge in [-0.05, 0) is 26.3 Å². The molecule has 0 fully saturated rings. The highest BCUT2D eigenvalue weighted by Crippen LogP contribution is 2.15. The van der Waals surface area contributed by atoms with Crippen LogP contribution in [-0.2, 0) is 6.54 Å². The number of rotatable bonds is 8. The largest absolute Gasteiger partial charge is 0.478 e. The van der Waals surface area contributed by atoms with Gasteiger partial charge in [0.2, 0.25) is 5.88 Å². The number of guanidine groups is 1. The van der Waals surface area contributed by atoms with Gasteiger partial charge in [-0.15, -0.1) is 0 Å². The summed E-state index contributed by atoms with van der Waals surface area (Å²) >= 11 is 0. The smallest absolute Gasteiger partial charge is 0.218 e. The predicted octanol–water partition coefficient (Wildman–Crippen LogP) is 2.68. The Morgan fingerprint density at radius 2 is 2.19 bits per heavy atom. The number of unbranched alkanes of at least 4 members (excludes halogenated alkanes) is 1. The number of hydrogen-bond acceptors (Lipinski definition) is 3. The summed E-state index contributed by atoms with van der Waals surface area (Å²) in [6, 6.07) is 3.93. The third kappa shape index (κ3) is 6.02. The van der Waals surface area contributed by atoms with Crippen molar-refractivity contribution in [3.8, 4) is 5.88 Å². The van der Waals surface area contributed by atoms with Gasteiger partial charge < -0.3 is 15.0 Å². The minimum atomic E-state index is 0.571. The number of aromatic nitrogens is 1. The van der Waals surface area contributed by atoms with Crippen molar-refractivity contribution in [1.82, 2.24) is 15.2 Å². The van der Waals surface area contributed by atoms with Crippen LogP contribution in [0.25, 0.3) is 0 Å². The van der Waals surface area contributed by atoms with E-state index in [4.69, 9.17) is 9.73 Å². The van der Waals surface area contributed by atoms with Gasteiger partial charge in [-0.3, -0.25) is 0 Å². The average Bonchev–Trinajstić information content (AvgIpc) is 2.50. The molecule has 1 aromatic heterocycles. The average molecular weight is 292 g/mol. The fourth-order valence-electron chi connectivity index (χ4n) is 1.94. The van der Waals surface area contributed by atoms with Crippen molar-refractivity contribution >= 4 is 5.96 Å². The third-order valence-corrected chi connectivity index (χ3v) is 3.07. The second kappa shape index (κ2) is 10.0. The van der Waals surface area contributed by atoms with Gasteiger partial charge in [-0.25, -0.2) is 9.98 Å². The summed E-state index contributed by atoms with van der Waals surface area (Å²) in [4.78, 5) is 11.1. The highest BCUT2D eigenvalue weighted by Gasteiger charge is 2.07. The molecule has 0 spiro atoms. The Morgan fingerprint density at radius 3 is 2.86 bits per heavy atom. The van der Waals surface area contributed by atoms with Crippen molar-refractivity contribution in [2.45, 2.75) is 40.2 Å². The van der Waals surface area contributed by atoms with Crippen LogP contribution in [0, 0.1) is 0 Å². The van der Waals surface area contributed by atoms with E-state index in [-0.39, 0.29) is 0 Å². The molecule has 0 aromatic carbocycles. The molecule has 0 saturated carbocycles. The maximum atomic E-state index is 5.54. The van der Waals surface area contributed by atoms with Crippen LogP contribution >= 0.6 is 0 Å². The Labute approximate surface area is 128 Å². The number of ether oxygens (including phenoxy) is 1. The van der Waals surface area contributed by atoms with E-state index in [0.717, 1.165) is 31.0 Å². The van der Waals surface area contributed by atoms with Gasteiger partial charge in [0, 0.05) is 31.9 Å². The first-order valence-corrected chi connectivity index (χ1v) is 7.79. The van der Waals surface area contributed by atoms with Crippen LogP contribution in [0.15, 0.2) is 23.3 Å². The third-order valence-electron chi connectivity index (χ3n) is 3.07. The van der Waals surface area contributed by atoms with E-state index >= 15 is 0 Å². The normalized spacial score (nSPS) is 11.3. The van der Waals surface area contributed by atoms with Crippen molar-refractivity contribution in [3.05, 3.63) is 23.9 Å². The molecule has 0 amide bonds. The highest BCUT2D eigenvalue weighted by molar-refractivity contribution is 5.79. The van der Waals surface area contributed by atoms with Crippen LogP contribution in [0.2, 0.25) is 0 Å². The first-order chi connectivity index (χ1) is 10.2. The monoisotopic (exact) mass is 292 g/mol. The molecule has 0 atom stereocenters. The van der Waals surface area contributed by atoms with E-state index in [1.807, 2.05) is 19.1 Å². The summed E-state index contributed by atoms with van der Waals surface area (Å²) in [5.41, 5.74) is 1.01. The molecule has 1 rings (SSSR count). The Balaban J connectivity index is 2.77. The number of nitrogens with zero attached hydrogens (tertiary/aromatic N) is 3. The maximum absolute atomic E-state index is 5.54. The lowest BCUT2D eigenvalue weighted by Crippen LogP contribution is -2.39. The molecule has 0 aliphatic rings. The molecule has 0 bridgehead atoms. The van der Waals surface area contributed by atoms with Crippen LogP contribution in [0.3, 0.4) is 0 Å². The minimum Gasteiger partial charge on any atom is -0.478 e. The second-order valence-electron chi connectivity index (χ2n) is 4.85. The summed E-state index contributed by atoms with van der Waals surface area (Å²) in [5, 5.41) is 3.33. The second-order valence-corrected chi connectivity index (χ2v) is 4.85. The van der Waals surface area contributed by atoms with Gasteiger partial charge in [-0.1, -0.05) is 19.4 Å². The molecular formula is C16H28N4O. The van der Waals surface area contributed by atoms with Crippen LogP contribution in [0.1, 0.15) is 39.2 Å². The number of aliphatic imine (C=N–C) groups is 1. The Hall–Kier alpha value is -1.78. The molecule has 5 nitrogen and oxygen atoms in total. The fourth-order valence-corrected chi connectivity index (χ4v) is 1.94. The lowest BCUT2D eigenvalue weighted by Gasteiger charge is -2.21. The Bertz CT molecular complexity index is 434. The fraction of sp³-hybridized carbons (Fsp3) is 0.625. The highest BCUT2D eigenvalue weighted by atomic mass is 16.5. The van der Waals surface area contributed by atoms with Gasteiger partial charge in [0.25, 0.3) is 0 Å². The van der Waals surface area contributed by atoms with Gasteiger partial charge >= 0.3 is 0 Å². The molecule has 1 N–H and O–H groups in total. The Morgan fingerprint density at radius 1 is 1.38 bits per heavy atom. The van der Waals surface area contributed by atoms with Crippen molar-refractivity contribution in [3.63, 3.8) is 0 Å². The van der Waals surface area contributed by atoms with Crippen molar-refractivity contribution in [2.75, 3.05) is 26.7 Å². The topological polar surface area (TPSA) is 49.8 Å². The van der Waals surface area contributed by atoms with Gasteiger partial charge in [0.05, 0.1) is 13.2 Å². The van der Waals surface area contributed by atoms with E-state index in [9.17, 15) is 0 Å². The van der Waals surface area contributed by atoms with Crippen LogP contribution < -0.4 is 10.1 Å². The van der Waals surface area contributed by atoms with Crippen molar-refractivity contribution < 1.29 is 4.74 Å². The summed E-state index contributed by atoms with van der Waals surface area (Å²) in [5.74, 6) is 1.60. The van der Waals surface area contributed by atoms with E-state index in [0.29, 0.717) is 19.0 Å². The molecule has 118 valence electrons. The SMILES string of the molecule is CCCCN(C)C(=NCc1cccnc1OCC)NCC. The minimum absolute atomic E-state index is 0.571. The van der Waals surface area contributed by atoms with E-state index in [1.54, 1.807) is 6.20 Å². The van der Waals surface area contributed by atoms with Gasteiger partial charge in [0.15, 0.2) is 5.96 Å². The van der Waals surface area contributed by atoms with Crippen LogP contribution in [-0.4, -0.2) is 42.6 Å². The van der Waals surface area contributed by atoms with Crippen molar-refractivity contribution in [2.24, 2.45) is 4.99 Å². The molecule has 0 saturated heterocycles. The van der Waals surface area contributed by atoms with Crippen LogP contribution in [0.5, 0.6) is 5.88 Å². The Kier molecular flexibility index (Phi) is 8.24. The summed E-state index contributed by atoms with van der Waals surface area (Å²) < 4.78 is 5.54. The molecule has 0 aliphatic carbocycles. The van der Waals surface area contributed by atoms with Crippen molar-refractivity contribution in [1.29, 1.82) is 0 Å². The maximum Gasteiger partial charge on any atom is 0.218 e. The molecule has 5 heteroatoms. The predicted molar refractivity (Wildman–Crippen MR) is 87.8 cm³/mol. The lowest BCUT2D eigenvalue weighted by molar-refractivity contribution is 0.323. The molecule has 0 aliphatic heterocycles. The molecule has 0 unspecified atom stereocenters. The quantitative estimate of drug-likeness (QED) is 0.591. The zero-order chi connectivity index (χ0) is 15.5. The molecular weight excluding hydrogens is 264 g/mol. The standard InChI is InChI=1S/C16H28N4O/c1-5-8-12-20(4)16(17-6-2)19-13-14-10-9-11-18-15(14)21-7-3/h9-11H,5-8,12-13H2,1-4H3,(H,17,19). The molecule has 21 heavy (non-hydrogen) atoms. The van der Waals surface area contributed by atoms with E-state index in [2.05, 4.69) is 36.1 Å². The number of hydrogen-bond donors (Lipinski definition) is 1. The zero-order valence-corrected chi connectivity index (χ0v) is 13.7. The molecule has 0 radical (unpaired) electrons. The lowest BCUT2D eigenvalue weighted by atomic mass is 10.3. The number of pyridine rings is 1. The summed E-state index contributed by atoms with van der Waals surface area (Å²) in [6.45, 7) is 9.30. The first kappa shape index (κ1) is 17.3. The summed E-state index contributed by atoms with van der Waals surface area (Å²) in [6.07, 6.45) is 4.09. The molecule has 1 heterocycles. The van der Waals surface area contributed by atoms with E-state index in [1.165, 1.54) is 6.42 Å².